The molecule has 3 N–H and O–H groups in total. The van der Waals surface area contributed by atoms with E-state index in [4.69, 9.17) is 24.4 Å². The van der Waals surface area contributed by atoms with Gasteiger partial charge in [-0.15, -0.1) is 0 Å². The highest BCUT2D eigenvalue weighted by molar-refractivity contribution is 5.92. The Kier molecular flexibility index (Phi) is 6.37. The van der Waals surface area contributed by atoms with Crippen LogP contribution in [0.5, 0.6) is 5.75 Å². The summed E-state index contributed by atoms with van der Waals surface area (Å²) in [6.07, 6.45) is -4.79. The minimum absolute atomic E-state index is 0.0317. The summed E-state index contributed by atoms with van der Waals surface area (Å²) in [7, 11) is 1.37. The first-order valence-electron chi connectivity index (χ1n) is 8.96. The highest BCUT2D eigenvalue weighted by atomic mass is 19.4. The standard InChI is InChI=1S/C20H18F3NO7/c1-28-6-7-29-19(27)15-14(11-4-2-3-5-12(11)20(21,22)23)17-16(31-18(15)24)13(26)8-10(9-25)30-17/h2-5,8,14,25H,6-7,9,24H2,1H3/t14-/m1/s1. The molecule has 1 aromatic heterocycles. The Morgan fingerprint density at radius 2 is 1.97 bits per heavy atom. The second-order valence-corrected chi connectivity index (χ2v) is 6.46. The normalized spacial score (nSPS) is 16.0. The van der Waals surface area contributed by atoms with Gasteiger partial charge in [-0.3, -0.25) is 4.79 Å². The molecule has 11 heteroatoms. The first-order valence-corrected chi connectivity index (χ1v) is 8.96. The molecule has 31 heavy (non-hydrogen) atoms. The van der Waals surface area contributed by atoms with E-state index in [2.05, 4.69) is 0 Å². The third-order valence-corrected chi connectivity index (χ3v) is 4.48. The minimum atomic E-state index is -4.79. The molecule has 0 amide bonds. The number of esters is 1. The largest absolute Gasteiger partial charge is 0.460 e. The fourth-order valence-electron chi connectivity index (χ4n) is 3.17. The number of carbonyl (C=O) groups is 1. The number of methoxy groups -OCH3 is 1. The van der Waals surface area contributed by atoms with Crippen molar-refractivity contribution in [3.8, 4) is 5.75 Å². The fourth-order valence-corrected chi connectivity index (χ4v) is 3.17. The zero-order chi connectivity index (χ0) is 22.8. The van der Waals surface area contributed by atoms with E-state index in [1.807, 2.05) is 0 Å². The molecule has 1 atom stereocenters. The quantitative estimate of drug-likeness (QED) is 0.516. The fraction of sp³-hybridized carbons (Fsp3) is 0.300. The van der Waals surface area contributed by atoms with Crippen molar-refractivity contribution in [2.75, 3.05) is 20.3 Å². The number of benzene rings is 1. The van der Waals surface area contributed by atoms with Gasteiger partial charge in [0.15, 0.2) is 5.76 Å². The number of alkyl halides is 3. The van der Waals surface area contributed by atoms with Crippen LogP contribution in [-0.2, 0) is 27.1 Å². The van der Waals surface area contributed by atoms with Gasteiger partial charge >= 0.3 is 12.1 Å². The summed E-state index contributed by atoms with van der Waals surface area (Å²) in [5.74, 6) is -4.35. The molecule has 0 aliphatic carbocycles. The molecule has 0 saturated heterocycles. The number of nitrogens with two attached hydrogens (primary N) is 1. The van der Waals surface area contributed by atoms with E-state index in [9.17, 15) is 27.9 Å². The Bertz CT molecular complexity index is 1080. The molecule has 2 aromatic rings. The Balaban J connectivity index is 2.27. The van der Waals surface area contributed by atoms with Crippen LogP contribution in [0.15, 0.2) is 51.0 Å². The van der Waals surface area contributed by atoms with Crippen LogP contribution in [0.25, 0.3) is 0 Å². The molecule has 0 spiro atoms. The molecule has 0 saturated carbocycles. The number of fused-ring (bicyclic) bond motifs is 1. The lowest BCUT2D eigenvalue weighted by Crippen LogP contribution is -2.31. The predicted octanol–water partition coefficient (Wildman–Crippen LogP) is 2.04. The van der Waals surface area contributed by atoms with Crippen LogP contribution in [0, 0.1) is 0 Å². The van der Waals surface area contributed by atoms with Gasteiger partial charge in [0.2, 0.25) is 17.1 Å². The Morgan fingerprint density at radius 3 is 2.61 bits per heavy atom. The third kappa shape index (κ3) is 4.42. The van der Waals surface area contributed by atoms with Crippen LogP contribution in [0.1, 0.15) is 28.6 Å². The summed E-state index contributed by atoms with van der Waals surface area (Å²) in [6.45, 7) is -0.875. The number of carbonyl (C=O) groups excluding carboxylic acids is 1. The second-order valence-electron chi connectivity index (χ2n) is 6.46. The first kappa shape index (κ1) is 22.4. The molecular weight excluding hydrogens is 423 g/mol. The van der Waals surface area contributed by atoms with Gasteiger partial charge in [0.05, 0.1) is 18.1 Å². The van der Waals surface area contributed by atoms with Crippen molar-refractivity contribution in [3.63, 3.8) is 0 Å². The number of rotatable bonds is 6. The van der Waals surface area contributed by atoms with Crippen LogP contribution in [0.4, 0.5) is 13.2 Å². The Labute approximate surface area is 173 Å². The lowest BCUT2D eigenvalue weighted by atomic mass is 9.84. The Morgan fingerprint density at radius 1 is 1.26 bits per heavy atom. The number of halogens is 3. The van der Waals surface area contributed by atoms with E-state index < -0.39 is 64.2 Å². The van der Waals surface area contributed by atoms with Crippen molar-refractivity contribution in [2.45, 2.75) is 18.7 Å². The maximum Gasteiger partial charge on any atom is 0.416 e. The van der Waals surface area contributed by atoms with Crippen molar-refractivity contribution in [1.29, 1.82) is 0 Å². The van der Waals surface area contributed by atoms with Crippen molar-refractivity contribution >= 4 is 5.97 Å². The minimum Gasteiger partial charge on any atom is -0.460 e. The molecule has 2 heterocycles. The average Bonchev–Trinajstić information content (AvgIpc) is 2.72. The summed E-state index contributed by atoms with van der Waals surface area (Å²) < 4.78 is 61.7. The summed E-state index contributed by atoms with van der Waals surface area (Å²) in [5.41, 5.74) is 3.11. The maximum absolute atomic E-state index is 13.7. The van der Waals surface area contributed by atoms with Gasteiger partial charge in [-0.2, -0.15) is 13.2 Å². The van der Waals surface area contributed by atoms with Crippen LogP contribution < -0.4 is 15.9 Å². The van der Waals surface area contributed by atoms with Gasteiger partial charge < -0.3 is 29.5 Å². The van der Waals surface area contributed by atoms with E-state index in [0.29, 0.717) is 0 Å². The highest BCUT2D eigenvalue weighted by Gasteiger charge is 2.44. The summed E-state index contributed by atoms with van der Waals surface area (Å²) in [6, 6.07) is 5.38. The zero-order valence-electron chi connectivity index (χ0n) is 16.2. The molecule has 166 valence electrons. The van der Waals surface area contributed by atoms with E-state index in [1.54, 1.807) is 0 Å². The lowest BCUT2D eigenvalue weighted by Gasteiger charge is -2.28. The van der Waals surface area contributed by atoms with E-state index in [-0.39, 0.29) is 19.0 Å². The van der Waals surface area contributed by atoms with Crippen LogP contribution in [-0.4, -0.2) is 31.4 Å². The molecular formula is C20H18F3NO7. The molecule has 3 rings (SSSR count). The monoisotopic (exact) mass is 441 g/mol. The van der Waals surface area contributed by atoms with Crippen LogP contribution in [0.2, 0.25) is 0 Å². The molecule has 8 nitrogen and oxygen atoms in total. The number of hydrogen-bond donors (Lipinski definition) is 2. The molecule has 1 aliphatic rings. The SMILES string of the molecule is COCCOC(=O)C1=C(N)Oc2c(oc(CO)cc2=O)[C@@H]1c1ccccc1C(F)(F)F. The van der Waals surface area contributed by atoms with Gasteiger partial charge in [0, 0.05) is 13.2 Å². The lowest BCUT2D eigenvalue weighted by molar-refractivity contribution is -0.142. The second kappa shape index (κ2) is 8.82. The zero-order valence-corrected chi connectivity index (χ0v) is 16.2. The van der Waals surface area contributed by atoms with Crippen molar-refractivity contribution in [2.24, 2.45) is 5.73 Å². The highest BCUT2D eigenvalue weighted by Crippen LogP contribution is 2.45. The smallest absolute Gasteiger partial charge is 0.416 e. The summed E-state index contributed by atoms with van der Waals surface area (Å²) in [4.78, 5) is 25.1. The van der Waals surface area contributed by atoms with Crippen molar-refractivity contribution in [1.82, 2.24) is 0 Å². The van der Waals surface area contributed by atoms with Gasteiger partial charge in [0.1, 0.15) is 24.5 Å². The van der Waals surface area contributed by atoms with Crippen molar-refractivity contribution < 1.29 is 41.7 Å². The molecule has 0 fully saturated rings. The van der Waals surface area contributed by atoms with Gasteiger partial charge in [-0.05, 0) is 11.6 Å². The average molecular weight is 441 g/mol. The molecule has 1 aliphatic heterocycles. The summed E-state index contributed by atoms with van der Waals surface area (Å²) >= 11 is 0. The van der Waals surface area contributed by atoms with Crippen LogP contribution in [0.3, 0.4) is 0 Å². The molecule has 1 aromatic carbocycles. The van der Waals surface area contributed by atoms with Gasteiger partial charge in [0.25, 0.3) is 0 Å². The number of aliphatic hydroxyl groups excluding tert-OH is 1. The maximum atomic E-state index is 13.7. The predicted molar refractivity (Wildman–Crippen MR) is 98.9 cm³/mol. The van der Waals surface area contributed by atoms with E-state index in [1.165, 1.54) is 19.2 Å². The number of hydrogen-bond acceptors (Lipinski definition) is 8. The van der Waals surface area contributed by atoms with Crippen LogP contribution >= 0.6 is 0 Å². The topological polar surface area (TPSA) is 121 Å². The van der Waals surface area contributed by atoms with E-state index in [0.717, 1.165) is 18.2 Å². The first-order chi connectivity index (χ1) is 14.7. The number of aliphatic hydroxyl groups is 1. The molecule has 0 radical (unpaired) electrons. The van der Waals surface area contributed by atoms with Gasteiger partial charge in [-0.25, -0.2) is 4.79 Å². The third-order valence-electron chi connectivity index (χ3n) is 4.48. The summed E-state index contributed by atoms with van der Waals surface area (Å²) in [5, 5.41) is 9.38. The van der Waals surface area contributed by atoms with Gasteiger partial charge in [-0.1, -0.05) is 18.2 Å². The number of ether oxygens (including phenoxy) is 3. The molecule has 0 bridgehead atoms. The van der Waals surface area contributed by atoms with E-state index >= 15 is 0 Å². The molecule has 0 unspecified atom stereocenters. The Hall–Kier alpha value is -3.31. The van der Waals surface area contributed by atoms with Crippen molar-refractivity contribution in [3.05, 3.63) is 74.7 Å².